The number of hydrogen-bond donors (Lipinski definition) is 2. The minimum Gasteiger partial charge on any atom is -0.395 e. The zero-order chi connectivity index (χ0) is 12.2. The van der Waals surface area contributed by atoms with Gasteiger partial charge in [0.05, 0.1) is 6.61 Å². The highest BCUT2D eigenvalue weighted by atomic mass is 35.5. The van der Waals surface area contributed by atoms with Gasteiger partial charge in [-0.2, -0.15) is 0 Å². The molecule has 0 aliphatic heterocycles. The van der Waals surface area contributed by atoms with Crippen molar-refractivity contribution in [1.29, 1.82) is 0 Å². The molecule has 0 bridgehead atoms. The largest absolute Gasteiger partial charge is 0.395 e. The van der Waals surface area contributed by atoms with Crippen molar-refractivity contribution >= 4 is 35.8 Å². The predicted molar refractivity (Wildman–Crippen MR) is 78.3 cm³/mol. The van der Waals surface area contributed by atoms with E-state index in [2.05, 4.69) is 13.8 Å². The van der Waals surface area contributed by atoms with E-state index < -0.39 is 0 Å². The van der Waals surface area contributed by atoms with Gasteiger partial charge in [-0.1, -0.05) is 25.4 Å². The molecule has 3 N–H and O–H groups in total. The molecular formula is C12H19Cl2NOS. The van der Waals surface area contributed by atoms with Gasteiger partial charge >= 0.3 is 0 Å². The van der Waals surface area contributed by atoms with Crippen LogP contribution in [0.4, 0.5) is 0 Å². The van der Waals surface area contributed by atoms with E-state index in [-0.39, 0.29) is 29.8 Å². The highest BCUT2D eigenvalue weighted by Gasteiger charge is 2.22. The number of benzene rings is 1. The lowest BCUT2D eigenvalue weighted by molar-refractivity contribution is 0.254. The van der Waals surface area contributed by atoms with Crippen LogP contribution in [0.15, 0.2) is 29.2 Å². The number of nitrogens with two attached hydrogens (primary N) is 1. The van der Waals surface area contributed by atoms with Crippen LogP contribution < -0.4 is 5.73 Å². The third kappa shape index (κ3) is 6.53. The lowest BCUT2D eigenvalue weighted by atomic mass is 10.0. The van der Waals surface area contributed by atoms with Crippen molar-refractivity contribution in [1.82, 2.24) is 0 Å². The van der Waals surface area contributed by atoms with Gasteiger partial charge in [0.25, 0.3) is 0 Å². The summed E-state index contributed by atoms with van der Waals surface area (Å²) in [6.07, 6.45) is 0.775. The molecule has 0 aromatic heterocycles. The number of halogens is 2. The van der Waals surface area contributed by atoms with Gasteiger partial charge in [-0.3, -0.25) is 0 Å². The van der Waals surface area contributed by atoms with Crippen LogP contribution in [0, 0.1) is 0 Å². The first kappa shape index (κ1) is 17.1. The summed E-state index contributed by atoms with van der Waals surface area (Å²) in [5.41, 5.74) is 5.75. The summed E-state index contributed by atoms with van der Waals surface area (Å²) in [6, 6.07) is 7.60. The van der Waals surface area contributed by atoms with Gasteiger partial charge in [0, 0.05) is 20.7 Å². The first-order valence-electron chi connectivity index (χ1n) is 5.24. The van der Waals surface area contributed by atoms with Crippen LogP contribution in [0.25, 0.3) is 0 Å². The van der Waals surface area contributed by atoms with Crippen LogP contribution in [0.5, 0.6) is 0 Å². The Balaban J connectivity index is 0.00000256. The molecule has 98 valence electrons. The maximum atomic E-state index is 8.95. The minimum absolute atomic E-state index is 0. The zero-order valence-corrected chi connectivity index (χ0v) is 12.4. The third-order valence-electron chi connectivity index (χ3n) is 2.20. The molecule has 0 spiro atoms. The second-order valence-electron chi connectivity index (χ2n) is 4.46. The Morgan fingerprint density at radius 3 is 2.35 bits per heavy atom. The molecule has 1 unspecified atom stereocenters. The number of aliphatic hydroxyl groups is 1. The van der Waals surface area contributed by atoms with Crippen molar-refractivity contribution < 1.29 is 5.11 Å². The summed E-state index contributed by atoms with van der Waals surface area (Å²) >= 11 is 7.58. The van der Waals surface area contributed by atoms with E-state index in [1.165, 1.54) is 4.90 Å². The summed E-state index contributed by atoms with van der Waals surface area (Å²) in [5, 5.41) is 9.69. The Labute approximate surface area is 118 Å². The molecule has 0 amide bonds. The SMILES string of the molecule is CC(C)(CC(N)CO)Sc1ccc(Cl)cc1.Cl. The fraction of sp³-hybridized carbons (Fsp3) is 0.500. The normalized spacial score (nSPS) is 13.0. The van der Waals surface area contributed by atoms with Gasteiger partial charge in [0.15, 0.2) is 0 Å². The Morgan fingerprint density at radius 2 is 1.88 bits per heavy atom. The second-order valence-corrected chi connectivity index (χ2v) is 6.68. The van der Waals surface area contributed by atoms with Crippen LogP contribution in [0.3, 0.4) is 0 Å². The molecule has 0 fully saturated rings. The molecule has 0 aliphatic rings. The van der Waals surface area contributed by atoms with E-state index >= 15 is 0 Å². The molecule has 0 saturated heterocycles. The van der Waals surface area contributed by atoms with Crippen molar-refractivity contribution in [2.45, 2.75) is 36.0 Å². The van der Waals surface area contributed by atoms with Crippen LogP contribution >= 0.6 is 35.8 Å². The predicted octanol–water partition coefficient (Wildman–Crippen LogP) is 3.34. The molecule has 0 saturated carbocycles. The lowest BCUT2D eigenvalue weighted by Crippen LogP contribution is -2.32. The van der Waals surface area contributed by atoms with E-state index in [1.807, 2.05) is 24.3 Å². The van der Waals surface area contributed by atoms with E-state index in [9.17, 15) is 0 Å². The van der Waals surface area contributed by atoms with E-state index in [0.29, 0.717) is 0 Å². The molecule has 1 aromatic carbocycles. The molecular weight excluding hydrogens is 277 g/mol. The van der Waals surface area contributed by atoms with Crippen LogP contribution in [-0.2, 0) is 0 Å². The second kappa shape index (κ2) is 7.49. The molecule has 1 aromatic rings. The number of hydrogen-bond acceptors (Lipinski definition) is 3. The van der Waals surface area contributed by atoms with Gasteiger partial charge in [-0.05, 0) is 30.7 Å². The number of rotatable bonds is 5. The van der Waals surface area contributed by atoms with Crippen LogP contribution in [0.1, 0.15) is 20.3 Å². The van der Waals surface area contributed by atoms with Crippen LogP contribution in [0.2, 0.25) is 5.02 Å². The third-order valence-corrected chi connectivity index (χ3v) is 3.68. The summed E-state index contributed by atoms with van der Waals surface area (Å²) in [6.45, 7) is 4.29. The van der Waals surface area contributed by atoms with Gasteiger partial charge in [0.1, 0.15) is 0 Å². The highest BCUT2D eigenvalue weighted by molar-refractivity contribution is 8.00. The average Bonchev–Trinajstić information content (AvgIpc) is 2.20. The van der Waals surface area contributed by atoms with Gasteiger partial charge < -0.3 is 10.8 Å². The number of aliphatic hydroxyl groups excluding tert-OH is 1. The van der Waals surface area contributed by atoms with E-state index in [4.69, 9.17) is 22.4 Å². The number of thioether (sulfide) groups is 1. The highest BCUT2D eigenvalue weighted by Crippen LogP contribution is 2.35. The topological polar surface area (TPSA) is 46.2 Å². The zero-order valence-electron chi connectivity index (χ0n) is 10.0. The Hall–Kier alpha value is 0.0700. The summed E-state index contributed by atoms with van der Waals surface area (Å²) in [7, 11) is 0. The van der Waals surface area contributed by atoms with Crippen molar-refractivity contribution in [3.8, 4) is 0 Å². The van der Waals surface area contributed by atoms with Crippen molar-refractivity contribution in [2.75, 3.05) is 6.61 Å². The standard InChI is InChI=1S/C12H18ClNOS.ClH/c1-12(2,7-10(14)8-15)16-11-5-3-9(13)4-6-11;/h3-6,10,15H,7-8,14H2,1-2H3;1H. The van der Waals surface area contributed by atoms with E-state index in [1.54, 1.807) is 11.8 Å². The fourth-order valence-corrected chi connectivity index (χ4v) is 2.89. The summed E-state index contributed by atoms with van der Waals surface area (Å²) < 4.78 is 0.00990. The molecule has 0 aliphatic carbocycles. The van der Waals surface area contributed by atoms with Gasteiger partial charge in [0.2, 0.25) is 0 Å². The molecule has 1 rings (SSSR count). The average molecular weight is 296 g/mol. The smallest absolute Gasteiger partial charge is 0.0583 e. The molecule has 2 nitrogen and oxygen atoms in total. The first-order chi connectivity index (χ1) is 7.43. The lowest BCUT2D eigenvalue weighted by Gasteiger charge is -2.26. The van der Waals surface area contributed by atoms with Gasteiger partial charge in [-0.15, -0.1) is 24.2 Å². The summed E-state index contributed by atoms with van der Waals surface area (Å²) in [4.78, 5) is 1.17. The Bertz CT molecular complexity index is 330. The van der Waals surface area contributed by atoms with Gasteiger partial charge in [-0.25, -0.2) is 0 Å². The minimum atomic E-state index is -0.158. The maximum absolute atomic E-state index is 8.95. The van der Waals surface area contributed by atoms with Crippen molar-refractivity contribution in [3.63, 3.8) is 0 Å². The summed E-state index contributed by atoms with van der Waals surface area (Å²) in [5.74, 6) is 0. The Morgan fingerprint density at radius 1 is 1.35 bits per heavy atom. The van der Waals surface area contributed by atoms with E-state index in [0.717, 1.165) is 11.4 Å². The van der Waals surface area contributed by atoms with Crippen LogP contribution in [-0.4, -0.2) is 22.5 Å². The molecule has 17 heavy (non-hydrogen) atoms. The quantitative estimate of drug-likeness (QED) is 0.819. The Kier molecular flexibility index (Phi) is 7.52. The van der Waals surface area contributed by atoms with Crippen molar-refractivity contribution in [3.05, 3.63) is 29.3 Å². The molecule has 1 atom stereocenters. The first-order valence-corrected chi connectivity index (χ1v) is 6.43. The molecule has 0 heterocycles. The fourth-order valence-electron chi connectivity index (χ4n) is 1.56. The molecule has 0 radical (unpaired) electrons. The van der Waals surface area contributed by atoms with Crippen molar-refractivity contribution in [2.24, 2.45) is 5.73 Å². The maximum Gasteiger partial charge on any atom is 0.0583 e. The monoisotopic (exact) mass is 295 g/mol. The molecule has 5 heteroatoms.